The molecular weight excluding hydrogens is 471 g/mol. The zero-order valence-corrected chi connectivity index (χ0v) is 19.7. The van der Waals surface area contributed by atoms with Crippen molar-refractivity contribution in [3.05, 3.63) is 87.5 Å². The van der Waals surface area contributed by atoms with E-state index < -0.39 is 34.8 Å². The van der Waals surface area contributed by atoms with Crippen molar-refractivity contribution in [3.63, 3.8) is 0 Å². The second kappa shape index (κ2) is 9.64. The molecule has 2 aliphatic heterocycles. The average Bonchev–Trinajstić information content (AvgIpc) is 3.15. The van der Waals surface area contributed by atoms with E-state index in [1.807, 2.05) is 25.1 Å². The van der Waals surface area contributed by atoms with E-state index in [0.717, 1.165) is 22.2 Å². The van der Waals surface area contributed by atoms with Gasteiger partial charge in [-0.3, -0.25) is 19.3 Å². The summed E-state index contributed by atoms with van der Waals surface area (Å²) in [6.07, 6.45) is -0.243. The Morgan fingerprint density at radius 2 is 1.97 bits per heavy atom. The van der Waals surface area contributed by atoms with E-state index in [0.29, 0.717) is 11.3 Å². The fourth-order valence-corrected chi connectivity index (χ4v) is 5.33. The molecule has 2 aliphatic rings. The average molecular weight is 493 g/mol. The Balaban J connectivity index is 1.87. The number of nitrogens with zero attached hydrogens (tertiary/aromatic N) is 2. The number of amides is 2. The molecule has 2 atom stereocenters. The number of hydrogen-bond acceptors (Lipinski definition) is 7. The van der Waals surface area contributed by atoms with E-state index in [4.69, 9.17) is 10.5 Å². The highest BCUT2D eigenvalue weighted by molar-refractivity contribution is 8.04. The van der Waals surface area contributed by atoms with Gasteiger partial charge in [-0.15, -0.1) is 0 Å². The predicted octanol–water partition coefficient (Wildman–Crippen LogP) is 3.28. The standard InChI is InChI=1S/C25H21FN4O4S/c1-13-6-8-16(9-7-13)29-23(32)21-20(14-4-3-5-15(26)10-14)17(12-27)22(28)30-24(33)18(35-25(21)30)11-19(31)34-2/h3-10,18,20H,11,28H2,1-2H3,(H,29,32)/t18-,20+/m1/s1. The van der Waals surface area contributed by atoms with Gasteiger partial charge in [-0.25, -0.2) is 4.39 Å². The summed E-state index contributed by atoms with van der Waals surface area (Å²) in [5.41, 5.74) is 8.08. The lowest BCUT2D eigenvalue weighted by Crippen LogP contribution is -2.39. The molecule has 2 aromatic carbocycles. The minimum atomic E-state index is -1.02. The van der Waals surface area contributed by atoms with Gasteiger partial charge < -0.3 is 15.8 Å². The molecule has 3 N–H and O–H groups in total. The number of benzene rings is 2. The lowest BCUT2D eigenvalue weighted by atomic mass is 9.82. The molecule has 0 unspecified atom stereocenters. The second-order valence-corrected chi connectivity index (χ2v) is 9.19. The molecule has 0 aliphatic carbocycles. The Bertz CT molecular complexity index is 1330. The van der Waals surface area contributed by atoms with Crippen molar-refractivity contribution in [2.75, 3.05) is 12.4 Å². The smallest absolute Gasteiger partial charge is 0.307 e. The van der Waals surface area contributed by atoms with Gasteiger partial charge in [-0.1, -0.05) is 41.6 Å². The van der Waals surface area contributed by atoms with Crippen molar-refractivity contribution in [1.82, 2.24) is 4.90 Å². The van der Waals surface area contributed by atoms with Crippen molar-refractivity contribution in [2.45, 2.75) is 24.5 Å². The van der Waals surface area contributed by atoms with Crippen molar-refractivity contribution < 1.29 is 23.5 Å². The Kier molecular flexibility index (Phi) is 6.62. The predicted molar refractivity (Wildman–Crippen MR) is 128 cm³/mol. The number of aryl methyl sites for hydroxylation is 1. The highest BCUT2D eigenvalue weighted by Crippen LogP contribution is 2.50. The van der Waals surface area contributed by atoms with Gasteiger partial charge in [0, 0.05) is 5.69 Å². The molecule has 2 amide bonds. The number of nitrogens with one attached hydrogen (secondary N) is 1. The number of carbonyl (C=O) groups excluding carboxylic acids is 3. The van der Waals surface area contributed by atoms with Crippen molar-refractivity contribution in [3.8, 4) is 6.07 Å². The molecule has 4 rings (SSSR count). The largest absolute Gasteiger partial charge is 0.469 e. The van der Waals surface area contributed by atoms with Crippen LogP contribution in [0.3, 0.4) is 0 Å². The summed E-state index contributed by atoms with van der Waals surface area (Å²) in [4.78, 5) is 39.8. The SMILES string of the molecule is COC(=O)C[C@H]1SC2=C(C(=O)Nc3ccc(C)cc3)[C@@H](c3cccc(F)c3)C(C#N)=C(N)N2C1=O. The van der Waals surface area contributed by atoms with Crippen molar-refractivity contribution in [2.24, 2.45) is 5.73 Å². The fraction of sp³-hybridized carbons (Fsp3) is 0.200. The van der Waals surface area contributed by atoms with E-state index in [-0.39, 0.29) is 28.4 Å². The van der Waals surface area contributed by atoms with Gasteiger partial charge in [0.25, 0.3) is 5.91 Å². The third-order valence-corrected chi connectivity index (χ3v) is 6.99. The number of halogens is 1. The lowest BCUT2D eigenvalue weighted by molar-refractivity contribution is -0.142. The molecule has 0 aromatic heterocycles. The zero-order chi connectivity index (χ0) is 25.3. The first-order valence-electron chi connectivity index (χ1n) is 10.6. The number of nitriles is 1. The van der Waals surface area contributed by atoms with Gasteiger partial charge in [0.05, 0.1) is 41.7 Å². The van der Waals surface area contributed by atoms with Gasteiger partial charge in [-0.2, -0.15) is 5.26 Å². The molecule has 0 saturated carbocycles. The number of ether oxygens (including phenoxy) is 1. The van der Waals surface area contributed by atoms with Gasteiger partial charge in [0.2, 0.25) is 5.91 Å². The second-order valence-electron chi connectivity index (χ2n) is 8.00. The molecule has 1 saturated heterocycles. The number of hydrogen-bond donors (Lipinski definition) is 2. The van der Waals surface area contributed by atoms with Crippen LogP contribution in [-0.4, -0.2) is 35.0 Å². The minimum Gasteiger partial charge on any atom is -0.469 e. The van der Waals surface area contributed by atoms with Crippen molar-refractivity contribution >= 4 is 35.2 Å². The van der Waals surface area contributed by atoms with Gasteiger partial charge in [0.1, 0.15) is 16.9 Å². The number of allylic oxidation sites excluding steroid dienone is 1. The first-order chi connectivity index (χ1) is 16.7. The first-order valence-corrected chi connectivity index (χ1v) is 11.5. The zero-order valence-electron chi connectivity index (χ0n) is 18.9. The first kappa shape index (κ1) is 24.0. The van der Waals surface area contributed by atoms with Crippen LogP contribution >= 0.6 is 11.8 Å². The molecule has 0 radical (unpaired) electrons. The van der Waals surface area contributed by atoms with Crippen LogP contribution in [0, 0.1) is 24.1 Å². The quantitative estimate of drug-likeness (QED) is 0.614. The van der Waals surface area contributed by atoms with Crippen LogP contribution < -0.4 is 11.1 Å². The summed E-state index contributed by atoms with van der Waals surface area (Å²) in [5.74, 6) is -3.46. The highest BCUT2D eigenvalue weighted by Gasteiger charge is 2.48. The molecular formula is C25H21FN4O4S. The van der Waals surface area contributed by atoms with Crippen LogP contribution in [0.15, 0.2) is 70.5 Å². The van der Waals surface area contributed by atoms with Gasteiger partial charge in [-0.05, 0) is 36.8 Å². The number of anilines is 1. The molecule has 1 fully saturated rings. The van der Waals surface area contributed by atoms with Crippen LogP contribution in [-0.2, 0) is 19.1 Å². The maximum absolute atomic E-state index is 14.2. The van der Waals surface area contributed by atoms with Gasteiger partial charge >= 0.3 is 5.97 Å². The Morgan fingerprint density at radius 1 is 1.26 bits per heavy atom. The number of fused-ring (bicyclic) bond motifs is 1. The molecule has 0 bridgehead atoms. The number of carbonyl (C=O) groups is 3. The summed E-state index contributed by atoms with van der Waals surface area (Å²) in [6, 6.07) is 14.6. The maximum atomic E-state index is 14.2. The number of methoxy groups -OCH3 is 1. The number of nitrogens with two attached hydrogens (primary N) is 1. The van der Waals surface area contributed by atoms with Crippen LogP contribution in [0.5, 0.6) is 0 Å². The van der Waals surface area contributed by atoms with Gasteiger partial charge in [0.15, 0.2) is 0 Å². The maximum Gasteiger partial charge on any atom is 0.307 e. The summed E-state index contributed by atoms with van der Waals surface area (Å²) < 4.78 is 18.9. The fourth-order valence-electron chi connectivity index (χ4n) is 4.00. The minimum absolute atomic E-state index is 0.0626. The van der Waals surface area contributed by atoms with Crippen LogP contribution in [0.25, 0.3) is 0 Å². The molecule has 8 nitrogen and oxygen atoms in total. The summed E-state index contributed by atoms with van der Waals surface area (Å²) in [7, 11) is 1.21. The summed E-state index contributed by atoms with van der Waals surface area (Å²) >= 11 is 0.992. The Hall–Kier alpha value is -4.10. The third-order valence-electron chi connectivity index (χ3n) is 5.71. The lowest BCUT2D eigenvalue weighted by Gasteiger charge is -2.32. The molecule has 2 heterocycles. The van der Waals surface area contributed by atoms with E-state index in [1.165, 1.54) is 25.3 Å². The monoisotopic (exact) mass is 492 g/mol. The molecule has 178 valence electrons. The van der Waals surface area contributed by atoms with E-state index in [9.17, 15) is 24.0 Å². The van der Waals surface area contributed by atoms with E-state index >= 15 is 0 Å². The summed E-state index contributed by atoms with van der Waals surface area (Å²) in [5, 5.41) is 12.1. The van der Waals surface area contributed by atoms with E-state index in [2.05, 4.69) is 5.32 Å². The molecule has 0 spiro atoms. The Labute approximate surface area is 205 Å². The number of rotatable bonds is 5. The van der Waals surface area contributed by atoms with Crippen LogP contribution in [0.4, 0.5) is 10.1 Å². The third kappa shape index (κ3) is 4.50. The number of esters is 1. The topological polar surface area (TPSA) is 126 Å². The van der Waals surface area contributed by atoms with E-state index in [1.54, 1.807) is 18.2 Å². The molecule has 2 aromatic rings. The summed E-state index contributed by atoms with van der Waals surface area (Å²) in [6.45, 7) is 1.91. The highest BCUT2D eigenvalue weighted by atomic mass is 32.2. The molecule has 35 heavy (non-hydrogen) atoms. The Morgan fingerprint density at radius 3 is 2.60 bits per heavy atom. The van der Waals surface area contributed by atoms with Crippen molar-refractivity contribution in [1.29, 1.82) is 5.26 Å². The normalized spacial score (nSPS) is 19.4. The molecule has 10 heteroatoms. The number of thioether (sulfide) groups is 1. The van der Waals surface area contributed by atoms with Crippen LogP contribution in [0.2, 0.25) is 0 Å². The van der Waals surface area contributed by atoms with Crippen LogP contribution in [0.1, 0.15) is 23.5 Å².